The van der Waals surface area contributed by atoms with Crippen molar-refractivity contribution in [3.8, 4) is 0 Å². The number of rotatable bonds is 10. The molecule has 2 aromatic rings. The van der Waals surface area contributed by atoms with Crippen LogP contribution in [0.3, 0.4) is 0 Å². The molecule has 0 bridgehead atoms. The monoisotopic (exact) mass is 357 g/mol. The van der Waals surface area contributed by atoms with Crippen molar-refractivity contribution in [3.63, 3.8) is 0 Å². The number of ether oxygens (including phenoxy) is 1. The van der Waals surface area contributed by atoms with Crippen molar-refractivity contribution in [2.45, 2.75) is 19.4 Å². The first-order chi connectivity index (χ1) is 12.1. The Morgan fingerprint density at radius 1 is 0.960 bits per heavy atom. The van der Waals surface area contributed by atoms with Gasteiger partial charge < -0.3 is 10.5 Å². The lowest BCUT2D eigenvalue weighted by Gasteiger charge is -2.12. The van der Waals surface area contributed by atoms with Crippen molar-refractivity contribution < 1.29 is 14.3 Å². The normalized spacial score (nSPS) is 11.9. The number of amides is 1. The van der Waals surface area contributed by atoms with E-state index in [2.05, 4.69) is 12.6 Å². The molecule has 1 atom stereocenters. The lowest BCUT2D eigenvalue weighted by atomic mass is 10.0. The molecule has 2 N–H and O–H groups in total. The van der Waals surface area contributed by atoms with E-state index in [0.29, 0.717) is 42.9 Å². The Morgan fingerprint density at radius 3 is 2.20 bits per heavy atom. The van der Waals surface area contributed by atoms with Crippen LogP contribution in [0.2, 0.25) is 0 Å². The quantitative estimate of drug-likeness (QED) is 0.390. The third-order valence-electron chi connectivity index (χ3n) is 4.01. The number of thiol groups is 1. The number of carbonyl (C=O) groups excluding carboxylic acids is 2. The van der Waals surface area contributed by atoms with Crippen molar-refractivity contribution in [1.82, 2.24) is 0 Å². The molecule has 2 aromatic carbocycles. The van der Waals surface area contributed by atoms with Gasteiger partial charge in [0, 0.05) is 23.7 Å². The molecule has 5 heteroatoms. The van der Waals surface area contributed by atoms with E-state index in [-0.39, 0.29) is 17.6 Å². The second kappa shape index (κ2) is 10.0. The van der Waals surface area contributed by atoms with Crippen LogP contribution in [0, 0.1) is 5.92 Å². The standard InChI is InChI=1S/C20H23NO3S/c21-20(23)18(11-13-25)10-12-24-14-15-6-8-17(9-7-15)19(22)16-4-2-1-3-5-16/h1-9,18,25H,10-14H2,(H2,21,23). The van der Waals surface area contributed by atoms with Crippen LogP contribution in [-0.2, 0) is 16.1 Å². The van der Waals surface area contributed by atoms with Crippen LogP contribution in [0.4, 0.5) is 0 Å². The fourth-order valence-corrected chi connectivity index (χ4v) is 2.82. The molecular formula is C20H23NO3S. The first-order valence-electron chi connectivity index (χ1n) is 8.28. The third-order valence-corrected chi connectivity index (χ3v) is 4.27. The lowest BCUT2D eigenvalue weighted by molar-refractivity contribution is -0.122. The first-order valence-corrected chi connectivity index (χ1v) is 8.91. The third kappa shape index (κ3) is 6.03. The molecule has 0 aromatic heterocycles. The van der Waals surface area contributed by atoms with Crippen LogP contribution in [0.1, 0.15) is 34.3 Å². The molecule has 1 amide bonds. The molecule has 132 valence electrons. The SMILES string of the molecule is NC(=O)C(CCS)CCOCc1ccc(C(=O)c2ccccc2)cc1. The summed E-state index contributed by atoms with van der Waals surface area (Å²) in [7, 11) is 0. The van der Waals surface area contributed by atoms with Gasteiger partial charge in [0.15, 0.2) is 5.78 Å². The maximum Gasteiger partial charge on any atom is 0.220 e. The van der Waals surface area contributed by atoms with E-state index < -0.39 is 0 Å². The van der Waals surface area contributed by atoms with Crippen LogP contribution < -0.4 is 5.73 Å². The van der Waals surface area contributed by atoms with Crippen LogP contribution in [0.25, 0.3) is 0 Å². The second-order valence-corrected chi connectivity index (χ2v) is 6.29. The molecule has 1 unspecified atom stereocenters. The van der Waals surface area contributed by atoms with Gasteiger partial charge >= 0.3 is 0 Å². The smallest absolute Gasteiger partial charge is 0.220 e. The van der Waals surface area contributed by atoms with Gasteiger partial charge in [-0.3, -0.25) is 9.59 Å². The average Bonchev–Trinajstić information content (AvgIpc) is 2.64. The summed E-state index contributed by atoms with van der Waals surface area (Å²) in [4.78, 5) is 23.6. The van der Waals surface area contributed by atoms with Gasteiger partial charge in [0.2, 0.25) is 5.91 Å². The Morgan fingerprint density at radius 2 is 1.60 bits per heavy atom. The molecular weight excluding hydrogens is 334 g/mol. The molecule has 25 heavy (non-hydrogen) atoms. The molecule has 0 aliphatic rings. The highest BCUT2D eigenvalue weighted by atomic mass is 32.1. The summed E-state index contributed by atoms with van der Waals surface area (Å²) in [6.07, 6.45) is 1.26. The summed E-state index contributed by atoms with van der Waals surface area (Å²) < 4.78 is 5.61. The van der Waals surface area contributed by atoms with Crippen molar-refractivity contribution in [2.24, 2.45) is 11.7 Å². The van der Waals surface area contributed by atoms with Gasteiger partial charge in [-0.1, -0.05) is 54.6 Å². The van der Waals surface area contributed by atoms with Crippen molar-refractivity contribution in [2.75, 3.05) is 12.4 Å². The van der Waals surface area contributed by atoms with Gasteiger partial charge in [0.05, 0.1) is 6.61 Å². The predicted octanol–water partition coefficient (Wildman–Crippen LogP) is 3.25. The van der Waals surface area contributed by atoms with Crippen LogP contribution in [0.5, 0.6) is 0 Å². The maximum atomic E-state index is 12.3. The Kier molecular flexibility index (Phi) is 7.70. The molecule has 0 radical (unpaired) electrons. The highest BCUT2D eigenvalue weighted by Crippen LogP contribution is 2.13. The van der Waals surface area contributed by atoms with Gasteiger partial charge in [-0.05, 0) is 24.2 Å². The van der Waals surface area contributed by atoms with Crippen molar-refractivity contribution in [3.05, 3.63) is 71.3 Å². The molecule has 0 heterocycles. The van der Waals surface area contributed by atoms with Crippen LogP contribution in [0.15, 0.2) is 54.6 Å². The summed E-state index contributed by atoms with van der Waals surface area (Å²) in [6, 6.07) is 16.6. The zero-order valence-corrected chi connectivity index (χ0v) is 15.0. The van der Waals surface area contributed by atoms with Crippen LogP contribution in [-0.4, -0.2) is 24.1 Å². The van der Waals surface area contributed by atoms with Crippen LogP contribution >= 0.6 is 12.6 Å². The van der Waals surface area contributed by atoms with E-state index >= 15 is 0 Å². The molecule has 2 rings (SSSR count). The minimum Gasteiger partial charge on any atom is -0.377 e. The predicted molar refractivity (Wildman–Crippen MR) is 102 cm³/mol. The summed E-state index contributed by atoms with van der Waals surface area (Å²) in [5.41, 5.74) is 7.65. The van der Waals surface area contributed by atoms with E-state index in [4.69, 9.17) is 10.5 Å². The highest BCUT2D eigenvalue weighted by molar-refractivity contribution is 7.80. The average molecular weight is 357 g/mol. The molecule has 0 fully saturated rings. The minimum absolute atomic E-state index is 0.00382. The Bertz CT molecular complexity index is 686. The minimum atomic E-state index is -0.304. The number of hydrogen-bond acceptors (Lipinski definition) is 4. The molecule has 0 aliphatic heterocycles. The number of carbonyl (C=O) groups is 2. The van der Waals surface area contributed by atoms with Gasteiger partial charge in [-0.2, -0.15) is 12.6 Å². The van der Waals surface area contributed by atoms with E-state index in [1.807, 2.05) is 30.3 Å². The lowest BCUT2D eigenvalue weighted by Crippen LogP contribution is -2.24. The number of nitrogens with two attached hydrogens (primary N) is 1. The van der Waals surface area contributed by atoms with Crippen molar-refractivity contribution in [1.29, 1.82) is 0 Å². The van der Waals surface area contributed by atoms with E-state index in [1.165, 1.54) is 0 Å². The first kappa shape index (κ1) is 19.2. The zero-order valence-electron chi connectivity index (χ0n) is 14.1. The van der Waals surface area contributed by atoms with Crippen molar-refractivity contribution >= 4 is 24.3 Å². The largest absolute Gasteiger partial charge is 0.377 e. The number of benzene rings is 2. The van der Waals surface area contributed by atoms with E-state index in [1.54, 1.807) is 24.3 Å². The fraction of sp³-hybridized carbons (Fsp3) is 0.300. The van der Waals surface area contributed by atoms with Gasteiger partial charge in [-0.25, -0.2) is 0 Å². The molecule has 0 saturated carbocycles. The Labute approximate surface area is 153 Å². The number of ketones is 1. The van der Waals surface area contributed by atoms with Gasteiger partial charge in [0.1, 0.15) is 0 Å². The number of primary amides is 1. The van der Waals surface area contributed by atoms with E-state index in [0.717, 1.165) is 5.56 Å². The topological polar surface area (TPSA) is 69.4 Å². The van der Waals surface area contributed by atoms with Gasteiger partial charge in [0.25, 0.3) is 0 Å². The van der Waals surface area contributed by atoms with E-state index in [9.17, 15) is 9.59 Å². The molecule has 4 nitrogen and oxygen atoms in total. The summed E-state index contributed by atoms with van der Waals surface area (Å²) in [6.45, 7) is 0.901. The fourth-order valence-electron chi connectivity index (χ4n) is 2.51. The maximum absolute atomic E-state index is 12.3. The Hall–Kier alpha value is -2.11. The summed E-state index contributed by atoms with van der Waals surface area (Å²) >= 11 is 4.13. The summed E-state index contributed by atoms with van der Waals surface area (Å²) in [5, 5.41) is 0. The zero-order chi connectivity index (χ0) is 18.1. The second-order valence-electron chi connectivity index (χ2n) is 5.84. The number of hydrogen-bond donors (Lipinski definition) is 2. The highest BCUT2D eigenvalue weighted by Gasteiger charge is 2.14. The molecule has 0 saturated heterocycles. The summed E-state index contributed by atoms with van der Waals surface area (Å²) in [5.74, 6) is 0.138. The molecule has 0 spiro atoms. The Balaban J connectivity index is 1.82. The van der Waals surface area contributed by atoms with Gasteiger partial charge in [-0.15, -0.1) is 0 Å². The molecule has 0 aliphatic carbocycles.